The molecule has 1 N–H and O–H groups in total. The van der Waals surface area contributed by atoms with Crippen molar-refractivity contribution in [2.45, 2.75) is 30.6 Å². The van der Waals surface area contributed by atoms with Gasteiger partial charge in [0.15, 0.2) is 0 Å². The molecule has 0 amide bonds. The Balaban J connectivity index is 1.73. The number of aromatic nitrogens is 2. The monoisotopic (exact) mass is 305 g/mol. The van der Waals surface area contributed by atoms with Gasteiger partial charge in [0.1, 0.15) is 4.90 Å². The summed E-state index contributed by atoms with van der Waals surface area (Å²) in [6.07, 6.45) is 3.12. The van der Waals surface area contributed by atoms with Gasteiger partial charge in [-0.05, 0) is 31.2 Å². The average Bonchev–Trinajstić information content (AvgIpc) is 2.95. The maximum Gasteiger partial charge on any atom is 0.246 e. The van der Waals surface area contributed by atoms with Gasteiger partial charge in [-0.25, -0.2) is 8.42 Å². The number of hydrogen-bond donors (Lipinski definition) is 1. The highest BCUT2D eigenvalue weighted by atomic mass is 32.2. The molecule has 1 aliphatic heterocycles. The van der Waals surface area contributed by atoms with Gasteiger partial charge in [-0.15, -0.1) is 0 Å². The SMILES string of the molecule is Cc1[nH]ncc1S(=O)(=O)N1CCC(c2ccccc2)CC1. The third kappa shape index (κ3) is 2.73. The van der Waals surface area contributed by atoms with Crippen LogP contribution in [0.1, 0.15) is 30.0 Å². The number of nitrogens with zero attached hydrogens (tertiary/aromatic N) is 2. The Morgan fingerprint density at radius 3 is 2.43 bits per heavy atom. The molecule has 1 saturated heterocycles. The molecule has 21 heavy (non-hydrogen) atoms. The number of aromatic amines is 1. The van der Waals surface area contributed by atoms with E-state index in [4.69, 9.17) is 0 Å². The third-order valence-electron chi connectivity index (χ3n) is 4.13. The van der Waals surface area contributed by atoms with Gasteiger partial charge in [-0.1, -0.05) is 30.3 Å². The molecule has 1 aromatic heterocycles. The van der Waals surface area contributed by atoms with E-state index < -0.39 is 10.0 Å². The van der Waals surface area contributed by atoms with Crippen molar-refractivity contribution in [3.05, 3.63) is 47.8 Å². The molecule has 1 fully saturated rings. The lowest BCUT2D eigenvalue weighted by molar-refractivity contribution is 0.319. The quantitative estimate of drug-likeness (QED) is 0.946. The fourth-order valence-corrected chi connectivity index (χ4v) is 4.48. The molecular weight excluding hydrogens is 286 g/mol. The molecule has 112 valence electrons. The molecule has 0 atom stereocenters. The van der Waals surface area contributed by atoms with Gasteiger partial charge in [-0.3, -0.25) is 5.10 Å². The maximum absolute atomic E-state index is 12.6. The van der Waals surface area contributed by atoms with E-state index in [9.17, 15) is 8.42 Å². The predicted octanol–water partition coefficient (Wildman–Crippen LogP) is 2.29. The van der Waals surface area contributed by atoms with Gasteiger partial charge in [0.2, 0.25) is 10.0 Å². The fraction of sp³-hybridized carbons (Fsp3) is 0.400. The minimum absolute atomic E-state index is 0.292. The van der Waals surface area contributed by atoms with Crippen molar-refractivity contribution in [2.24, 2.45) is 0 Å². The van der Waals surface area contributed by atoms with Crippen molar-refractivity contribution in [1.82, 2.24) is 14.5 Å². The Bertz CT molecular complexity index is 702. The van der Waals surface area contributed by atoms with Crippen LogP contribution in [0.3, 0.4) is 0 Å². The lowest BCUT2D eigenvalue weighted by Crippen LogP contribution is -2.38. The van der Waals surface area contributed by atoms with Gasteiger partial charge in [0.05, 0.1) is 11.9 Å². The van der Waals surface area contributed by atoms with E-state index in [0.717, 1.165) is 12.8 Å². The van der Waals surface area contributed by atoms with Crippen LogP contribution >= 0.6 is 0 Å². The summed E-state index contributed by atoms with van der Waals surface area (Å²) in [5, 5.41) is 6.51. The molecule has 0 aliphatic carbocycles. The standard InChI is InChI=1S/C15H19N3O2S/c1-12-15(11-16-17-12)21(19,20)18-9-7-14(8-10-18)13-5-3-2-4-6-13/h2-6,11,14H,7-10H2,1H3,(H,16,17). The second kappa shape index (κ2) is 5.61. The van der Waals surface area contributed by atoms with Crippen LogP contribution in [-0.2, 0) is 10.0 Å². The van der Waals surface area contributed by atoms with Crippen molar-refractivity contribution in [3.63, 3.8) is 0 Å². The largest absolute Gasteiger partial charge is 0.281 e. The van der Waals surface area contributed by atoms with Crippen molar-refractivity contribution in [1.29, 1.82) is 0 Å². The van der Waals surface area contributed by atoms with E-state index in [1.54, 1.807) is 11.2 Å². The first-order valence-electron chi connectivity index (χ1n) is 7.14. The van der Waals surface area contributed by atoms with E-state index in [1.165, 1.54) is 11.8 Å². The summed E-state index contributed by atoms with van der Waals surface area (Å²) in [5.41, 5.74) is 1.90. The number of piperidine rings is 1. The van der Waals surface area contributed by atoms with E-state index >= 15 is 0 Å². The van der Waals surface area contributed by atoms with E-state index in [2.05, 4.69) is 22.3 Å². The summed E-state index contributed by atoms with van der Waals surface area (Å²) in [6, 6.07) is 10.3. The van der Waals surface area contributed by atoms with Crippen molar-refractivity contribution < 1.29 is 8.42 Å². The minimum Gasteiger partial charge on any atom is -0.281 e. The molecule has 2 heterocycles. The summed E-state index contributed by atoms with van der Waals surface area (Å²) in [7, 11) is -3.42. The van der Waals surface area contributed by atoms with Crippen molar-refractivity contribution in [3.8, 4) is 0 Å². The second-order valence-corrected chi connectivity index (χ2v) is 7.35. The molecule has 5 nitrogen and oxygen atoms in total. The molecule has 0 bridgehead atoms. The first-order valence-corrected chi connectivity index (χ1v) is 8.58. The number of nitrogens with one attached hydrogen (secondary N) is 1. The Hall–Kier alpha value is -1.66. The summed E-state index contributed by atoms with van der Waals surface area (Å²) in [6.45, 7) is 2.86. The Morgan fingerprint density at radius 1 is 1.19 bits per heavy atom. The third-order valence-corrected chi connectivity index (χ3v) is 6.14. The van der Waals surface area contributed by atoms with Crippen molar-refractivity contribution >= 4 is 10.0 Å². The zero-order valence-corrected chi connectivity index (χ0v) is 12.8. The predicted molar refractivity (Wildman–Crippen MR) is 80.5 cm³/mol. The highest BCUT2D eigenvalue weighted by molar-refractivity contribution is 7.89. The van der Waals surface area contributed by atoms with Crippen LogP contribution in [0.5, 0.6) is 0 Å². The molecular formula is C15H19N3O2S. The highest BCUT2D eigenvalue weighted by Gasteiger charge is 2.31. The first kappa shape index (κ1) is 14.3. The van der Waals surface area contributed by atoms with Crippen LogP contribution in [0.25, 0.3) is 0 Å². The highest BCUT2D eigenvalue weighted by Crippen LogP contribution is 2.30. The van der Waals surface area contributed by atoms with Gasteiger partial charge in [0.25, 0.3) is 0 Å². The van der Waals surface area contributed by atoms with Crippen LogP contribution in [0.15, 0.2) is 41.4 Å². The number of rotatable bonds is 3. The lowest BCUT2D eigenvalue weighted by atomic mass is 9.90. The van der Waals surface area contributed by atoms with E-state index in [1.807, 2.05) is 18.2 Å². The van der Waals surface area contributed by atoms with Gasteiger partial charge in [-0.2, -0.15) is 9.40 Å². The zero-order chi connectivity index (χ0) is 14.9. The second-order valence-electron chi connectivity index (χ2n) is 5.45. The van der Waals surface area contributed by atoms with Crippen LogP contribution in [0, 0.1) is 6.92 Å². The Morgan fingerprint density at radius 2 is 1.86 bits per heavy atom. The first-order chi connectivity index (χ1) is 10.1. The molecule has 2 aromatic rings. The maximum atomic E-state index is 12.6. The number of aryl methyl sites for hydroxylation is 1. The molecule has 1 aliphatic rings. The molecule has 0 saturated carbocycles. The fourth-order valence-electron chi connectivity index (χ4n) is 2.89. The van der Waals surface area contributed by atoms with E-state index in [0.29, 0.717) is 29.6 Å². The molecule has 0 radical (unpaired) electrons. The summed E-state index contributed by atoms with van der Waals surface area (Å²) < 4.78 is 26.7. The van der Waals surface area contributed by atoms with Crippen LogP contribution < -0.4 is 0 Å². The smallest absolute Gasteiger partial charge is 0.246 e. The zero-order valence-electron chi connectivity index (χ0n) is 12.0. The number of H-pyrrole nitrogens is 1. The average molecular weight is 305 g/mol. The summed E-state index contributed by atoms with van der Waals surface area (Å²) >= 11 is 0. The minimum atomic E-state index is -3.42. The molecule has 0 spiro atoms. The van der Waals surface area contributed by atoms with Gasteiger partial charge < -0.3 is 0 Å². The molecule has 0 unspecified atom stereocenters. The topological polar surface area (TPSA) is 66.1 Å². The Labute approximate surface area is 125 Å². The Kier molecular flexibility index (Phi) is 3.82. The summed E-state index contributed by atoms with van der Waals surface area (Å²) in [5.74, 6) is 0.447. The number of benzene rings is 1. The van der Waals surface area contributed by atoms with Crippen molar-refractivity contribution in [2.75, 3.05) is 13.1 Å². The van der Waals surface area contributed by atoms with Crippen LogP contribution in [0.2, 0.25) is 0 Å². The molecule has 3 rings (SSSR count). The molecule has 1 aromatic carbocycles. The number of sulfonamides is 1. The lowest BCUT2D eigenvalue weighted by Gasteiger charge is -2.31. The van der Waals surface area contributed by atoms with Gasteiger partial charge >= 0.3 is 0 Å². The van der Waals surface area contributed by atoms with Crippen LogP contribution in [0.4, 0.5) is 0 Å². The molecule has 6 heteroatoms. The van der Waals surface area contributed by atoms with E-state index in [-0.39, 0.29) is 0 Å². The van der Waals surface area contributed by atoms with Gasteiger partial charge in [0, 0.05) is 13.1 Å². The number of hydrogen-bond acceptors (Lipinski definition) is 3. The normalized spacial score (nSPS) is 18.0. The van der Waals surface area contributed by atoms with Crippen LogP contribution in [-0.4, -0.2) is 36.0 Å². The summed E-state index contributed by atoms with van der Waals surface area (Å²) in [4.78, 5) is 0.292.